The predicted molar refractivity (Wildman–Crippen MR) is 121 cm³/mol. The van der Waals surface area contributed by atoms with Gasteiger partial charge in [-0.3, -0.25) is 9.78 Å². The maximum Gasteiger partial charge on any atom is 0.251 e. The van der Waals surface area contributed by atoms with Crippen LogP contribution in [0.1, 0.15) is 35.5 Å². The first-order chi connectivity index (χ1) is 14.9. The highest BCUT2D eigenvalue weighted by atomic mass is 32.2. The Bertz CT molecular complexity index is 1110. The highest BCUT2D eigenvalue weighted by Crippen LogP contribution is 2.32. The molecular formula is C21H23N7O2S. The van der Waals surface area contributed by atoms with Crippen molar-refractivity contribution in [3.8, 4) is 5.75 Å². The molecule has 0 atom stereocenters. The number of imidazole rings is 1. The fourth-order valence-electron chi connectivity index (χ4n) is 3.11. The number of carbonyl (C=O) groups is 1. The minimum Gasteiger partial charge on any atom is -0.490 e. The van der Waals surface area contributed by atoms with E-state index in [1.807, 2.05) is 42.8 Å². The summed E-state index contributed by atoms with van der Waals surface area (Å²) in [5.41, 5.74) is 8.28. The summed E-state index contributed by atoms with van der Waals surface area (Å²) in [6.07, 6.45) is 6.90. The van der Waals surface area contributed by atoms with Crippen LogP contribution in [-0.4, -0.2) is 38.4 Å². The number of nitrogens with zero attached hydrogens (tertiary/aromatic N) is 4. The van der Waals surface area contributed by atoms with Gasteiger partial charge >= 0.3 is 0 Å². The number of hydrogen-bond donors (Lipinski definition) is 3. The van der Waals surface area contributed by atoms with E-state index in [2.05, 4.69) is 24.4 Å². The van der Waals surface area contributed by atoms with Gasteiger partial charge in [0, 0.05) is 24.2 Å². The first-order valence-corrected chi connectivity index (χ1v) is 10.4. The summed E-state index contributed by atoms with van der Waals surface area (Å²) in [6, 6.07) is 9.10. The molecule has 31 heavy (non-hydrogen) atoms. The van der Waals surface area contributed by atoms with Crippen molar-refractivity contribution >= 4 is 29.6 Å². The van der Waals surface area contributed by atoms with Crippen molar-refractivity contribution in [2.24, 2.45) is 10.1 Å². The van der Waals surface area contributed by atoms with E-state index >= 15 is 0 Å². The molecule has 0 bridgehead atoms. The Morgan fingerprint density at radius 1 is 1.32 bits per heavy atom. The van der Waals surface area contributed by atoms with E-state index < -0.39 is 5.54 Å². The molecule has 1 aliphatic rings. The van der Waals surface area contributed by atoms with Crippen molar-refractivity contribution in [3.63, 3.8) is 0 Å². The highest BCUT2D eigenvalue weighted by molar-refractivity contribution is 7.99. The summed E-state index contributed by atoms with van der Waals surface area (Å²) < 4.78 is 15.1. The fourth-order valence-corrected chi connectivity index (χ4v) is 3.62. The molecule has 0 spiro atoms. The average Bonchev–Trinajstić information content (AvgIpc) is 3.25. The predicted octanol–water partition coefficient (Wildman–Crippen LogP) is 2.61. The number of pyridine rings is 1. The average molecular weight is 438 g/mol. The summed E-state index contributed by atoms with van der Waals surface area (Å²) in [7, 11) is 0. The van der Waals surface area contributed by atoms with Crippen molar-refractivity contribution < 1.29 is 9.53 Å². The van der Waals surface area contributed by atoms with Gasteiger partial charge in [0.05, 0.1) is 47.5 Å². The Labute approximate surface area is 184 Å². The van der Waals surface area contributed by atoms with Crippen molar-refractivity contribution in [1.82, 2.24) is 19.9 Å². The third-order valence-electron chi connectivity index (χ3n) is 4.60. The molecule has 9 nitrogen and oxygen atoms in total. The van der Waals surface area contributed by atoms with Gasteiger partial charge in [-0.15, -0.1) is 0 Å². The second kappa shape index (κ2) is 8.68. The van der Waals surface area contributed by atoms with Gasteiger partial charge in [0.25, 0.3) is 5.91 Å². The Balaban J connectivity index is 1.42. The first-order valence-electron chi connectivity index (χ1n) is 9.66. The van der Waals surface area contributed by atoms with Crippen LogP contribution in [0.25, 0.3) is 0 Å². The van der Waals surface area contributed by atoms with E-state index in [-0.39, 0.29) is 12.5 Å². The van der Waals surface area contributed by atoms with Crippen LogP contribution in [0.4, 0.5) is 5.69 Å². The number of aromatic nitrogens is 3. The molecule has 0 saturated heterocycles. The lowest BCUT2D eigenvalue weighted by Gasteiger charge is -2.27. The number of amidine groups is 1. The summed E-state index contributed by atoms with van der Waals surface area (Å²) in [6.45, 7) is 4.60. The number of nitrogens with one attached hydrogen (secondary N) is 2. The molecule has 3 heterocycles. The van der Waals surface area contributed by atoms with Gasteiger partial charge in [-0.25, -0.2) is 4.98 Å². The number of anilines is 1. The van der Waals surface area contributed by atoms with Crippen LogP contribution in [0.15, 0.2) is 59.6 Å². The topological polar surface area (TPSA) is 119 Å². The molecule has 4 N–H and O–H groups in total. The molecule has 1 aliphatic heterocycles. The Kier molecular flexibility index (Phi) is 5.81. The van der Waals surface area contributed by atoms with E-state index in [1.54, 1.807) is 30.9 Å². The maximum absolute atomic E-state index is 12.8. The molecule has 0 unspecified atom stereocenters. The lowest BCUT2D eigenvalue weighted by molar-refractivity contribution is 0.0880. The van der Waals surface area contributed by atoms with Crippen LogP contribution in [0.5, 0.6) is 5.75 Å². The molecule has 1 aromatic carbocycles. The zero-order valence-electron chi connectivity index (χ0n) is 17.2. The van der Waals surface area contributed by atoms with Crippen LogP contribution >= 0.6 is 12.1 Å². The van der Waals surface area contributed by atoms with E-state index in [9.17, 15) is 4.79 Å². The van der Waals surface area contributed by atoms with Gasteiger partial charge in [-0.1, -0.05) is 6.07 Å². The summed E-state index contributed by atoms with van der Waals surface area (Å²) in [5.74, 6) is 0.816. The highest BCUT2D eigenvalue weighted by Gasteiger charge is 2.24. The molecule has 2 aromatic heterocycles. The van der Waals surface area contributed by atoms with Crippen LogP contribution in [-0.2, 0) is 6.54 Å². The van der Waals surface area contributed by atoms with Crippen molar-refractivity contribution in [2.45, 2.75) is 25.9 Å². The van der Waals surface area contributed by atoms with Crippen molar-refractivity contribution in [1.29, 1.82) is 0 Å². The normalized spacial score (nSPS) is 13.0. The second-order valence-electron chi connectivity index (χ2n) is 7.75. The van der Waals surface area contributed by atoms with Gasteiger partial charge in [-0.2, -0.15) is 4.40 Å². The lowest BCUT2D eigenvalue weighted by Crippen LogP contribution is -2.48. The van der Waals surface area contributed by atoms with Gasteiger partial charge < -0.3 is 25.1 Å². The minimum atomic E-state index is -0.629. The van der Waals surface area contributed by atoms with Crippen molar-refractivity contribution in [3.05, 3.63) is 72.1 Å². The zero-order valence-corrected chi connectivity index (χ0v) is 18.0. The first kappa shape index (κ1) is 20.7. The van der Waals surface area contributed by atoms with Crippen molar-refractivity contribution in [2.75, 3.05) is 11.3 Å². The summed E-state index contributed by atoms with van der Waals surface area (Å²) >= 11 is 1.18. The quantitative estimate of drug-likeness (QED) is 0.486. The van der Waals surface area contributed by atoms with Crippen LogP contribution in [0, 0.1) is 0 Å². The SMILES string of the molecule is CC(C)(COc1cccc2c1C(N)=NSN2)NC(=O)c1ccnc(Cn2ccnc2)c1. The second-order valence-corrected chi connectivity index (χ2v) is 8.32. The monoisotopic (exact) mass is 437 g/mol. The summed E-state index contributed by atoms with van der Waals surface area (Å²) in [4.78, 5) is 21.2. The third kappa shape index (κ3) is 4.97. The number of ether oxygens (including phenoxy) is 1. The van der Waals surface area contributed by atoms with Crippen LogP contribution in [0.3, 0.4) is 0 Å². The Morgan fingerprint density at radius 2 is 2.19 bits per heavy atom. The zero-order chi connectivity index (χ0) is 21.8. The number of nitrogens with two attached hydrogens (primary N) is 1. The van der Waals surface area contributed by atoms with Crippen LogP contribution < -0.4 is 20.5 Å². The number of carbonyl (C=O) groups excluding carboxylic acids is 1. The Morgan fingerprint density at radius 3 is 3.00 bits per heavy atom. The lowest BCUT2D eigenvalue weighted by atomic mass is 10.1. The molecule has 1 amide bonds. The third-order valence-corrected chi connectivity index (χ3v) is 5.20. The van der Waals surface area contributed by atoms with Gasteiger partial charge in [-0.05, 0) is 38.1 Å². The molecule has 160 valence electrons. The molecule has 0 saturated carbocycles. The number of fused-ring (bicyclic) bond motifs is 1. The van der Waals surface area contributed by atoms with E-state index in [0.29, 0.717) is 23.7 Å². The Hall–Kier alpha value is -3.53. The van der Waals surface area contributed by atoms with E-state index in [1.165, 1.54) is 12.1 Å². The molecule has 10 heteroatoms. The number of benzene rings is 1. The smallest absolute Gasteiger partial charge is 0.251 e. The van der Waals surface area contributed by atoms with E-state index in [4.69, 9.17) is 10.5 Å². The van der Waals surface area contributed by atoms with Gasteiger partial charge in [0.2, 0.25) is 0 Å². The molecule has 4 rings (SSSR count). The minimum absolute atomic E-state index is 0.197. The summed E-state index contributed by atoms with van der Waals surface area (Å²) in [5, 5.41) is 3.03. The van der Waals surface area contributed by atoms with Gasteiger partial charge in [0.15, 0.2) is 0 Å². The maximum atomic E-state index is 12.8. The molecule has 0 aliphatic carbocycles. The number of rotatable bonds is 7. The standard InChI is InChI=1S/C21H23N7O2S/c1-21(2,12-30-17-5-3-4-16-18(17)19(22)27-31-26-16)25-20(29)14-6-7-24-15(10-14)11-28-9-8-23-13-28/h3-10,13,26H,11-12H2,1-2H3,(H2,22,27)(H,25,29). The molecular weight excluding hydrogens is 414 g/mol. The van der Waals surface area contributed by atoms with E-state index in [0.717, 1.165) is 16.9 Å². The number of hydrogen-bond acceptors (Lipinski definition) is 8. The number of amides is 1. The molecule has 0 radical (unpaired) electrons. The fraction of sp³-hybridized carbons (Fsp3) is 0.238. The molecule has 3 aromatic rings. The largest absolute Gasteiger partial charge is 0.490 e. The molecule has 0 fully saturated rings. The van der Waals surface area contributed by atoms with Crippen LogP contribution in [0.2, 0.25) is 0 Å². The van der Waals surface area contributed by atoms with Gasteiger partial charge in [0.1, 0.15) is 18.2 Å².